The van der Waals surface area contributed by atoms with Gasteiger partial charge >= 0.3 is 10.2 Å². The third-order valence-corrected chi connectivity index (χ3v) is 6.63. The summed E-state index contributed by atoms with van der Waals surface area (Å²) in [5.74, 6) is -1.67. The van der Waals surface area contributed by atoms with Crippen molar-refractivity contribution in [3.63, 3.8) is 0 Å². The van der Waals surface area contributed by atoms with E-state index in [1.54, 1.807) is 24.3 Å². The molecule has 0 spiro atoms. The molecule has 0 saturated carbocycles. The van der Waals surface area contributed by atoms with Crippen LogP contribution in [0.3, 0.4) is 0 Å². The van der Waals surface area contributed by atoms with E-state index in [9.17, 15) is 17.2 Å². The maximum absolute atomic E-state index is 14.4. The molecule has 2 aromatic carbocycles. The molecule has 0 atom stereocenters. The molecule has 0 aliphatic carbocycles. The van der Waals surface area contributed by atoms with Crippen LogP contribution in [0.2, 0.25) is 0 Å². The van der Waals surface area contributed by atoms with Gasteiger partial charge < -0.3 is 5.32 Å². The van der Waals surface area contributed by atoms with Gasteiger partial charge in [-0.25, -0.2) is 17.4 Å². The normalized spacial score (nSPS) is 19.3. The van der Waals surface area contributed by atoms with Gasteiger partial charge in [0.05, 0.1) is 17.1 Å². The number of hydrogen-bond acceptors (Lipinski definition) is 4. The average molecular weight is 394 g/mol. The molecule has 6 nitrogen and oxygen atoms in total. The fourth-order valence-electron chi connectivity index (χ4n) is 3.50. The zero-order valence-corrected chi connectivity index (χ0v) is 15.4. The van der Waals surface area contributed by atoms with Crippen LogP contribution in [0, 0.1) is 11.6 Å². The molecule has 0 aromatic heterocycles. The summed E-state index contributed by atoms with van der Waals surface area (Å²) in [5.41, 5.74) is 0.674. The first-order chi connectivity index (χ1) is 13.0. The minimum Gasteiger partial charge on any atom is -0.314 e. The van der Waals surface area contributed by atoms with Crippen molar-refractivity contribution in [3.8, 4) is 0 Å². The van der Waals surface area contributed by atoms with E-state index >= 15 is 0 Å². The third-order valence-electron chi connectivity index (χ3n) is 4.84. The van der Waals surface area contributed by atoms with E-state index in [0.29, 0.717) is 24.0 Å². The number of para-hydroxylation sites is 2. The van der Waals surface area contributed by atoms with Gasteiger partial charge in [0.25, 0.3) is 0 Å². The van der Waals surface area contributed by atoms with Crippen LogP contribution in [0.15, 0.2) is 42.5 Å². The van der Waals surface area contributed by atoms with Crippen molar-refractivity contribution in [2.75, 3.05) is 47.9 Å². The SMILES string of the molecule is O=S1(=O)N(CCN2CCNCC2)c2ccccc2N1c1ccc(F)cc1F. The van der Waals surface area contributed by atoms with Crippen molar-refractivity contribution in [2.45, 2.75) is 0 Å². The molecular formula is C18H20F2N4O2S. The lowest BCUT2D eigenvalue weighted by atomic mass is 10.2. The summed E-state index contributed by atoms with van der Waals surface area (Å²) >= 11 is 0. The molecule has 0 unspecified atom stereocenters. The summed E-state index contributed by atoms with van der Waals surface area (Å²) in [6, 6.07) is 9.67. The molecule has 9 heteroatoms. The van der Waals surface area contributed by atoms with Gasteiger partial charge in [-0.3, -0.25) is 4.90 Å². The molecule has 27 heavy (non-hydrogen) atoms. The highest BCUT2D eigenvalue weighted by Gasteiger charge is 2.42. The van der Waals surface area contributed by atoms with E-state index in [1.165, 1.54) is 4.31 Å². The lowest BCUT2D eigenvalue weighted by Crippen LogP contribution is -2.47. The summed E-state index contributed by atoms with van der Waals surface area (Å²) in [6.07, 6.45) is 0. The van der Waals surface area contributed by atoms with Gasteiger partial charge in [0.1, 0.15) is 5.82 Å². The van der Waals surface area contributed by atoms with Crippen molar-refractivity contribution in [1.29, 1.82) is 0 Å². The van der Waals surface area contributed by atoms with Crippen molar-refractivity contribution in [2.24, 2.45) is 0 Å². The van der Waals surface area contributed by atoms with Gasteiger partial charge in [0.2, 0.25) is 0 Å². The van der Waals surface area contributed by atoms with Crippen molar-refractivity contribution >= 4 is 27.3 Å². The fourth-order valence-corrected chi connectivity index (χ4v) is 5.21. The molecule has 144 valence electrons. The Morgan fingerprint density at radius 2 is 1.63 bits per heavy atom. The Hall–Kier alpha value is -2.23. The Morgan fingerprint density at radius 1 is 0.926 bits per heavy atom. The van der Waals surface area contributed by atoms with Crippen LogP contribution in [0.5, 0.6) is 0 Å². The van der Waals surface area contributed by atoms with Gasteiger partial charge in [0, 0.05) is 45.3 Å². The Kier molecular flexibility index (Phi) is 4.75. The fraction of sp³-hybridized carbons (Fsp3) is 0.333. The van der Waals surface area contributed by atoms with E-state index < -0.39 is 21.8 Å². The number of hydrogen-bond donors (Lipinski definition) is 1. The van der Waals surface area contributed by atoms with E-state index in [4.69, 9.17) is 0 Å². The molecule has 1 N–H and O–H groups in total. The molecule has 2 heterocycles. The van der Waals surface area contributed by atoms with Crippen LogP contribution in [0.4, 0.5) is 25.8 Å². The number of fused-ring (bicyclic) bond motifs is 1. The average Bonchev–Trinajstić information content (AvgIpc) is 2.87. The van der Waals surface area contributed by atoms with Crippen molar-refractivity contribution in [1.82, 2.24) is 10.2 Å². The van der Waals surface area contributed by atoms with E-state index in [1.807, 2.05) is 0 Å². The second-order valence-electron chi connectivity index (χ2n) is 6.52. The zero-order valence-electron chi connectivity index (χ0n) is 14.6. The monoisotopic (exact) mass is 394 g/mol. The molecule has 1 saturated heterocycles. The Bertz CT molecular complexity index is 948. The van der Waals surface area contributed by atoms with E-state index in [-0.39, 0.29) is 12.2 Å². The van der Waals surface area contributed by atoms with Crippen molar-refractivity contribution < 1.29 is 17.2 Å². The number of anilines is 3. The number of benzene rings is 2. The molecule has 2 aliphatic rings. The standard InChI is InChI=1S/C18H20F2N4O2S/c19-14-5-6-16(15(20)13-14)24-18-4-2-1-3-17(18)23(27(24,25)26)12-11-22-9-7-21-8-10-22/h1-6,13,21H,7-12H2. The lowest BCUT2D eigenvalue weighted by molar-refractivity contribution is 0.248. The highest BCUT2D eigenvalue weighted by Crippen LogP contribution is 2.45. The maximum atomic E-state index is 14.4. The van der Waals surface area contributed by atoms with Crippen LogP contribution in [0.25, 0.3) is 0 Å². The topological polar surface area (TPSA) is 55.9 Å². The van der Waals surface area contributed by atoms with Crippen LogP contribution in [-0.2, 0) is 10.2 Å². The summed E-state index contributed by atoms with van der Waals surface area (Å²) in [7, 11) is -4.01. The minimum absolute atomic E-state index is 0.187. The summed E-state index contributed by atoms with van der Waals surface area (Å²) in [4.78, 5) is 2.19. The van der Waals surface area contributed by atoms with Gasteiger partial charge in [0.15, 0.2) is 5.82 Å². The third kappa shape index (κ3) is 3.26. The smallest absolute Gasteiger partial charge is 0.314 e. The number of rotatable bonds is 4. The Labute approximate surface area is 157 Å². The molecule has 2 aliphatic heterocycles. The second kappa shape index (κ2) is 7.06. The molecule has 4 rings (SSSR count). The number of nitrogens with zero attached hydrogens (tertiary/aromatic N) is 3. The van der Waals surface area contributed by atoms with Crippen LogP contribution >= 0.6 is 0 Å². The highest BCUT2D eigenvalue weighted by atomic mass is 32.2. The minimum atomic E-state index is -4.01. The second-order valence-corrected chi connectivity index (χ2v) is 8.22. The lowest BCUT2D eigenvalue weighted by Gasteiger charge is -2.29. The van der Waals surface area contributed by atoms with Crippen LogP contribution in [-0.4, -0.2) is 52.6 Å². The number of halogens is 2. The Balaban J connectivity index is 1.69. The quantitative estimate of drug-likeness (QED) is 0.863. The van der Waals surface area contributed by atoms with Crippen LogP contribution < -0.4 is 13.9 Å². The molecular weight excluding hydrogens is 374 g/mol. The Morgan fingerprint density at radius 3 is 2.33 bits per heavy atom. The maximum Gasteiger partial charge on any atom is 0.331 e. The summed E-state index contributed by atoms with van der Waals surface area (Å²) < 4.78 is 56.4. The highest BCUT2D eigenvalue weighted by molar-refractivity contribution is 7.95. The number of nitrogens with one attached hydrogen (secondary N) is 1. The summed E-state index contributed by atoms with van der Waals surface area (Å²) in [6.45, 7) is 4.29. The number of piperazine rings is 1. The first-order valence-corrected chi connectivity index (χ1v) is 10.2. The largest absolute Gasteiger partial charge is 0.331 e. The zero-order chi connectivity index (χ0) is 19.0. The molecule has 0 amide bonds. The first kappa shape index (κ1) is 18.1. The molecule has 0 bridgehead atoms. The molecule has 1 fully saturated rings. The van der Waals surface area contributed by atoms with E-state index in [0.717, 1.165) is 42.6 Å². The van der Waals surface area contributed by atoms with Gasteiger partial charge in [-0.1, -0.05) is 12.1 Å². The van der Waals surface area contributed by atoms with Gasteiger partial charge in [-0.15, -0.1) is 0 Å². The van der Waals surface area contributed by atoms with Gasteiger partial charge in [-0.05, 0) is 24.3 Å². The van der Waals surface area contributed by atoms with Crippen molar-refractivity contribution in [3.05, 3.63) is 54.1 Å². The predicted octanol–water partition coefficient (Wildman–Crippen LogP) is 2.07. The predicted molar refractivity (Wildman–Crippen MR) is 101 cm³/mol. The first-order valence-electron chi connectivity index (χ1n) is 8.78. The summed E-state index contributed by atoms with van der Waals surface area (Å²) in [5, 5.41) is 3.26. The van der Waals surface area contributed by atoms with Gasteiger partial charge in [-0.2, -0.15) is 8.42 Å². The molecule has 0 radical (unpaired) electrons. The van der Waals surface area contributed by atoms with Crippen LogP contribution in [0.1, 0.15) is 0 Å². The van der Waals surface area contributed by atoms with E-state index in [2.05, 4.69) is 10.2 Å². The molecule has 2 aromatic rings.